The van der Waals surface area contributed by atoms with Crippen LogP contribution in [0.5, 0.6) is 5.75 Å². The third kappa shape index (κ3) is 6.04. The highest BCUT2D eigenvalue weighted by molar-refractivity contribution is 5.77. The van der Waals surface area contributed by atoms with Gasteiger partial charge in [-0.3, -0.25) is 4.79 Å². The maximum absolute atomic E-state index is 11.6. The minimum absolute atomic E-state index is 0.00706. The van der Waals surface area contributed by atoms with Gasteiger partial charge in [-0.15, -0.1) is 0 Å². The Morgan fingerprint density at radius 1 is 1.29 bits per heavy atom. The number of rotatable bonds is 7. The minimum atomic E-state index is -0.148. The third-order valence-electron chi connectivity index (χ3n) is 3.56. The molecule has 0 radical (unpaired) electrons. The number of ether oxygens (including phenoxy) is 2. The van der Waals surface area contributed by atoms with Crippen molar-refractivity contribution in [3.63, 3.8) is 0 Å². The second-order valence-electron chi connectivity index (χ2n) is 5.34. The van der Waals surface area contributed by atoms with E-state index < -0.39 is 0 Å². The van der Waals surface area contributed by atoms with Crippen LogP contribution in [-0.4, -0.2) is 31.8 Å². The van der Waals surface area contributed by atoms with Crippen LogP contribution in [-0.2, 0) is 9.53 Å². The van der Waals surface area contributed by atoms with Gasteiger partial charge in [-0.2, -0.15) is 0 Å². The fraction of sp³-hybridized carbons (Fsp3) is 0.562. The second-order valence-corrected chi connectivity index (χ2v) is 5.34. The quantitative estimate of drug-likeness (QED) is 0.596. The van der Waals surface area contributed by atoms with E-state index in [-0.39, 0.29) is 12.5 Å². The van der Waals surface area contributed by atoms with Crippen molar-refractivity contribution in [2.24, 2.45) is 0 Å². The van der Waals surface area contributed by atoms with Crippen LogP contribution in [0.2, 0.25) is 0 Å². The Balaban J connectivity index is 1.55. The predicted octanol–water partition coefficient (Wildman–Crippen LogP) is 2.11. The summed E-state index contributed by atoms with van der Waals surface area (Å²) in [6.07, 6.45) is 6.49. The zero-order valence-corrected chi connectivity index (χ0v) is 12.3. The molecular weight excluding hydrogens is 268 g/mol. The fourth-order valence-corrected chi connectivity index (χ4v) is 2.45. The first-order chi connectivity index (χ1) is 10.2. The summed E-state index contributed by atoms with van der Waals surface area (Å²) in [4.78, 5) is 11.6. The smallest absolute Gasteiger partial charge is 0.258 e. The van der Waals surface area contributed by atoms with Crippen molar-refractivity contribution >= 4 is 11.6 Å². The van der Waals surface area contributed by atoms with Gasteiger partial charge >= 0.3 is 0 Å². The molecule has 0 unspecified atom stereocenters. The first kappa shape index (κ1) is 15.6. The number of carbonyl (C=O) groups is 1. The summed E-state index contributed by atoms with van der Waals surface area (Å²) in [7, 11) is 0. The number of carbonyl (C=O) groups excluding carboxylic acids is 1. The van der Waals surface area contributed by atoms with Crippen LogP contribution in [0.25, 0.3) is 0 Å². The molecule has 0 aromatic heterocycles. The minimum Gasteiger partial charge on any atom is -0.484 e. The Bertz CT molecular complexity index is 445. The Morgan fingerprint density at radius 3 is 2.86 bits per heavy atom. The van der Waals surface area contributed by atoms with E-state index >= 15 is 0 Å². The van der Waals surface area contributed by atoms with Crippen LogP contribution in [0.3, 0.4) is 0 Å². The lowest BCUT2D eigenvalue weighted by Crippen LogP contribution is -2.32. The van der Waals surface area contributed by atoms with Crippen LogP contribution in [0.4, 0.5) is 5.69 Å². The molecule has 116 valence electrons. The van der Waals surface area contributed by atoms with Crippen LogP contribution in [0, 0.1) is 0 Å². The monoisotopic (exact) mass is 292 g/mol. The van der Waals surface area contributed by atoms with Gasteiger partial charge in [0.15, 0.2) is 6.61 Å². The highest BCUT2D eigenvalue weighted by atomic mass is 16.5. The lowest BCUT2D eigenvalue weighted by molar-refractivity contribution is -0.123. The molecule has 0 aliphatic heterocycles. The standard InChI is InChI=1S/C16H24N2O3/c17-13-5-4-8-15(11-13)21-12-16(19)18-9-10-20-14-6-2-1-3-7-14/h4-5,8,11,14H,1-3,6-7,9-10,12,17H2,(H,18,19). The zero-order chi connectivity index (χ0) is 14.9. The molecule has 1 aromatic rings. The number of anilines is 1. The number of benzene rings is 1. The first-order valence-electron chi connectivity index (χ1n) is 7.60. The zero-order valence-electron chi connectivity index (χ0n) is 12.3. The van der Waals surface area contributed by atoms with Crippen molar-refractivity contribution in [3.05, 3.63) is 24.3 Å². The summed E-state index contributed by atoms with van der Waals surface area (Å²) < 4.78 is 11.1. The maximum atomic E-state index is 11.6. The van der Waals surface area contributed by atoms with Crippen LogP contribution >= 0.6 is 0 Å². The molecule has 1 aromatic carbocycles. The number of hydrogen-bond acceptors (Lipinski definition) is 4. The Kier molecular flexibility index (Phi) is 6.34. The van der Waals surface area contributed by atoms with Crippen LogP contribution in [0.15, 0.2) is 24.3 Å². The van der Waals surface area contributed by atoms with Crippen molar-refractivity contribution in [1.82, 2.24) is 5.32 Å². The van der Waals surface area contributed by atoms with Crippen molar-refractivity contribution < 1.29 is 14.3 Å². The Hall–Kier alpha value is -1.75. The molecule has 1 saturated carbocycles. The molecule has 0 atom stereocenters. The highest BCUT2D eigenvalue weighted by Crippen LogP contribution is 2.19. The van der Waals surface area contributed by atoms with Crippen molar-refractivity contribution in [2.45, 2.75) is 38.2 Å². The number of amides is 1. The van der Waals surface area contributed by atoms with E-state index in [1.54, 1.807) is 24.3 Å². The second kappa shape index (κ2) is 8.52. The molecule has 2 rings (SSSR count). The summed E-state index contributed by atoms with van der Waals surface area (Å²) in [6.45, 7) is 1.08. The molecule has 0 bridgehead atoms. The Morgan fingerprint density at radius 2 is 2.10 bits per heavy atom. The van der Waals surface area contributed by atoms with E-state index in [9.17, 15) is 4.79 Å². The van der Waals surface area contributed by atoms with Gasteiger partial charge in [0.1, 0.15) is 5.75 Å². The van der Waals surface area contributed by atoms with Gasteiger partial charge < -0.3 is 20.5 Å². The summed E-state index contributed by atoms with van der Waals surface area (Å²) in [6, 6.07) is 7.03. The van der Waals surface area contributed by atoms with Gasteiger partial charge in [0.05, 0.1) is 12.7 Å². The summed E-state index contributed by atoms with van der Waals surface area (Å²) in [5.74, 6) is 0.452. The van der Waals surface area contributed by atoms with Gasteiger partial charge in [-0.25, -0.2) is 0 Å². The number of nitrogens with one attached hydrogen (secondary N) is 1. The molecule has 5 nitrogen and oxygen atoms in total. The largest absolute Gasteiger partial charge is 0.484 e. The molecule has 1 fully saturated rings. The first-order valence-corrected chi connectivity index (χ1v) is 7.60. The molecule has 21 heavy (non-hydrogen) atoms. The van der Waals surface area contributed by atoms with Gasteiger partial charge in [0.2, 0.25) is 0 Å². The molecule has 1 aliphatic rings. The third-order valence-corrected chi connectivity index (χ3v) is 3.56. The summed E-state index contributed by atoms with van der Waals surface area (Å²) in [5, 5.41) is 2.79. The number of nitrogens with two attached hydrogens (primary N) is 1. The Labute approximate surface area is 125 Å². The van der Waals surface area contributed by atoms with Gasteiger partial charge in [-0.1, -0.05) is 25.3 Å². The van der Waals surface area contributed by atoms with Crippen LogP contribution < -0.4 is 15.8 Å². The fourth-order valence-electron chi connectivity index (χ4n) is 2.45. The SMILES string of the molecule is Nc1cccc(OCC(=O)NCCOC2CCCCC2)c1. The molecule has 5 heteroatoms. The number of hydrogen-bond donors (Lipinski definition) is 2. The van der Waals surface area contributed by atoms with Gasteiger partial charge in [0, 0.05) is 18.3 Å². The lowest BCUT2D eigenvalue weighted by atomic mass is 9.98. The van der Waals surface area contributed by atoms with Crippen molar-refractivity contribution in [2.75, 3.05) is 25.5 Å². The average molecular weight is 292 g/mol. The average Bonchev–Trinajstić information content (AvgIpc) is 2.51. The van der Waals surface area contributed by atoms with E-state index in [0.29, 0.717) is 30.7 Å². The molecule has 0 spiro atoms. The number of nitrogen functional groups attached to an aromatic ring is 1. The van der Waals surface area contributed by atoms with E-state index in [4.69, 9.17) is 15.2 Å². The van der Waals surface area contributed by atoms with Gasteiger partial charge in [0.25, 0.3) is 5.91 Å². The van der Waals surface area contributed by atoms with E-state index in [0.717, 1.165) is 12.8 Å². The topological polar surface area (TPSA) is 73.6 Å². The van der Waals surface area contributed by atoms with E-state index in [2.05, 4.69) is 5.32 Å². The van der Waals surface area contributed by atoms with E-state index in [1.165, 1.54) is 19.3 Å². The molecule has 0 saturated heterocycles. The molecule has 1 amide bonds. The normalized spacial score (nSPS) is 15.6. The van der Waals surface area contributed by atoms with E-state index in [1.807, 2.05) is 0 Å². The predicted molar refractivity (Wildman–Crippen MR) is 82.2 cm³/mol. The molecular formula is C16H24N2O3. The molecule has 0 heterocycles. The van der Waals surface area contributed by atoms with Crippen LogP contribution in [0.1, 0.15) is 32.1 Å². The van der Waals surface area contributed by atoms with Gasteiger partial charge in [-0.05, 0) is 25.0 Å². The van der Waals surface area contributed by atoms with Crippen molar-refractivity contribution in [1.29, 1.82) is 0 Å². The molecule has 3 N–H and O–H groups in total. The summed E-state index contributed by atoms with van der Waals surface area (Å²) >= 11 is 0. The van der Waals surface area contributed by atoms with Crippen molar-refractivity contribution in [3.8, 4) is 5.75 Å². The lowest BCUT2D eigenvalue weighted by Gasteiger charge is -2.21. The highest BCUT2D eigenvalue weighted by Gasteiger charge is 2.13. The molecule has 1 aliphatic carbocycles. The maximum Gasteiger partial charge on any atom is 0.258 e. The summed E-state index contributed by atoms with van der Waals surface area (Å²) in [5.41, 5.74) is 6.26.